The monoisotopic (exact) mass is 360 g/mol. The van der Waals surface area contributed by atoms with E-state index in [2.05, 4.69) is 42.3 Å². The lowest BCUT2D eigenvalue weighted by atomic mass is 10.0. The van der Waals surface area contributed by atoms with Crippen molar-refractivity contribution in [3.05, 3.63) is 34.7 Å². The van der Waals surface area contributed by atoms with Gasteiger partial charge in [-0.1, -0.05) is 23.8 Å². The van der Waals surface area contributed by atoms with Crippen molar-refractivity contribution >= 4 is 22.4 Å². The average molecular weight is 360 g/mol. The first-order valence-corrected chi connectivity index (χ1v) is 9.48. The summed E-state index contributed by atoms with van der Waals surface area (Å²) >= 11 is 1.42. The standard InChI is InChI=1S/C19H24N2O3S/c1-12-6-7-16(13(2)9-12)17-11-25-19(20-17)21-18(22)14(3)24-10-15-5-4-8-23-15/h6-7,9,11,14-15H,4-5,8,10H2,1-3H3,(H,20,21,22). The fraction of sp³-hybridized carbons (Fsp3) is 0.474. The molecule has 0 aliphatic carbocycles. The SMILES string of the molecule is Cc1ccc(-c2csc(NC(=O)C(C)OCC3CCCO3)n2)c(C)c1. The summed E-state index contributed by atoms with van der Waals surface area (Å²) in [6.07, 6.45) is 1.65. The number of carbonyl (C=O) groups excluding carboxylic acids is 1. The van der Waals surface area contributed by atoms with Gasteiger partial charge in [-0.05, 0) is 39.2 Å². The van der Waals surface area contributed by atoms with Crippen LogP contribution in [0.4, 0.5) is 5.13 Å². The van der Waals surface area contributed by atoms with E-state index in [-0.39, 0.29) is 12.0 Å². The molecule has 1 amide bonds. The number of anilines is 1. The first kappa shape index (κ1) is 18.0. The Morgan fingerprint density at radius 2 is 2.32 bits per heavy atom. The topological polar surface area (TPSA) is 60.5 Å². The lowest BCUT2D eigenvalue weighted by molar-refractivity contribution is -0.128. The second-order valence-corrected chi connectivity index (χ2v) is 7.31. The number of hydrogen-bond donors (Lipinski definition) is 1. The van der Waals surface area contributed by atoms with Crippen molar-refractivity contribution in [2.75, 3.05) is 18.5 Å². The Labute approximate surface area is 152 Å². The van der Waals surface area contributed by atoms with Gasteiger partial charge in [-0.15, -0.1) is 11.3 Å². The Balaban J connectivity index is 1.57. The summed E-state index contributed by atoms with van der Waals surface area (Å²) in [6.45, 7) is 7.14. The molecule has 0 spiro atoms. The molecule has 1 aliphatic rings. The van der Waals surface area contributed by atoms with Crippen LogP contribution in [-0.4, -0.2) is 36.3 Å². The van der Waals surface area contributed by atoms with Crippen LogP contribution in [0.1, 0.15) is 30.9 Å². The molecule has 1 saturated heterocycles. The summed E-state index contributed by atoms with van der Waals surface area (Å²) < 4.78 is 11.1. The van der Waals surface area contributed by atoms with Crippen LogP contribution in [0.15, 0.2) is 23.6 Å². The maximum Gasteiger partial charge on any atom is 0.254 e. The van der Waals surface area contributed by atoms with Gasteiger partial charge in [-0.2, -0.15) is 0 Å². The van der Waals surface area contributed by atoms with Crippen LogP contribution in [0.25, 0.3) is 11.3 Å². The minimum atomic E-state index is -0.530. The van der Waals surface area contributed by atoms with Crippen molar-refractivity contribution in [1.29, 1.82) is 0 Å². The van der Waals surface area contributed by atoms with Gasteiger partial charge in [0, 0.05) is 17.6 Å². The minimum Gasteiger partial charge on any atom is -0.376 e. The molecule has 2 aromatic rings. The smallest absolute Gasteiger partial charge is 0.254 e. The molecule has 6 heteroatoms. The Kier molecular flexibility index (Phi) is 5.83. The zero-order chi connectivity index (χ0) is 17.8. The zero-order valence-electron chi connectivity index (χ0n) is 14.9. The van der Waals surface area contributed by atoms with Crippen LogP contribution >= 0.6 is 11.3 Å². The highest BCUT2D eigenvalue weighted by atomic mass is 32.1. The maximum absolute atomic E-state index is 12.3. The second kappa shape index (κ2) is 8.08. The van der Waals surface area contributed by atoms with Gasteiger partial charge in [0.25, 0.3) is 5.91 Å². The highest BCUT2D eigenvalue weighted by Gasteiger charge is 2.20. The number of nitrogens with one attached hydrogen (secondary N) is 1. The summed E-state index contributed by atoms with van der Waals surface area (Å²) in [7, 11) is 0. The molecule has 5 nitrogen and oxygen atoms in total. The van der Waals surface area contributed by atoms with Gasteiger partial charge in [0.15, 0.2) is 5.13 Å². The van der Waals surface area contributed by atoms with E-state index in [1.165, 1.54) is 22.5 Å². The van der Waals surface area contributed by atoms with Gasteiger partial charge in [-0.3, -0.25) is 10.1 Å². The second-order valence-electron chi connectivity index (χ2n) is 6.46. The van der Waals surface area contributed by atoms with Gasteiger partial charge in [-0.25, -0.2) is 4.98 Å². The number of aromatic nitrogens is 1. The lowest BCUT2D eigenvalue weighted by Crippen LogP contribution is -2.30. The first-order valence-electron chi connectivity index (χ1n) is 8.60. The summed E-state index contributed by atoms with van der Waals surface area (Å²) in [5.74, 6) is -0.181. The molecular weight excluding hydrogens is 336 g/mol. The lowest BCUT2D eigenvalue weighted by Gasteiger charge is -2.15. The molecule has 25 heavy (non-hydrogen) atoms. The van der Waals surface area contributed by atoms with E-state index in [9.17, 15) is 4.79 Å². The third kappa shape index (κ3) is 4.66. The molecule has 0 bridgehead atoms. The third-order valence-corrected chi connectivity index (χ3v) is 5.08. The summed E-state index contributed by atoms with van der Waals surface area (Å²) in [4.78, 5) is 16.8. The summed E-state index contributed by atoms with van der Waals surface area (Å²) in [6, 6.07) is 6.27. The largest absolute Gasteiger partial charge is 0.376 e. The molecule has 0 saturated carbocycles. The van der Waals surface area contributed by atoms with E-state index in [0.29, 0.717) is 11.7 Å². The predicted molar refractivity (Wildman–Crippen MR) is 100 cm³/mol. The maximum atomic E-state index is 12.3. The number of rotatable bonds is 6. The molecule has 2 unspecified atom stereocenters. The molecule has 1 aromatic carbocycles. The average Bonchev–Trinajstić information content (AvgIpc) is 3.24. The molecule has 1 fully saturated rings. The number of aryl methyl sites for hydroxylation is 2. The molecule has 134 valence electrons. The quantitative estimate of drug-likeness (QED) is 0.847. The highest BCUT2D eigenvalue weighted by molar-refractivity contribution is 7.14. The third-order valence-electron chi connectivity index (χ3n) is 4.32. The van der Waals surface area contributed by atoms with E-state index in [0.717, 1.165) is 30.7 Å². The van der Waals surface area contributed by atoms with Crippen molar-refractivity contribution in [1.82, 2.24) is 4.98 Å². The van der Waals surface area contributed by atoms with Crippen LogP contribution in [0.2, 0.25) is 0 Å². The number of thiazole rings is 1. The van der Waals surface area contributed by atoms with Crippen molar-refractivity contribution in [3.63, 3.8) is 0 Å². The Morgan fingerprint density at radius 3 is 3.04 bits per heavy atom. The predicted octanol–water partition coefficient (Wildman–Crippen LogP) is 3.95. The van der Waals surface area contributed by atoms with Gasteiger partial charge >= 0.3 is 0 Å². The minimum absolute atomic E-state index is 0.117. The van der Waals surface area contributed by atoms with Crippen LogP contribution in [0.3, 0.4) is 0 Å². The van der Waals surface area contributed by atoms with E-state index in [4.69, 9.17) is 9.47 Å². The van der Waals surface area contributed by atoms with Crippen LogP contribution < -0.4 is 5.32 Å². The normalized spacial score (nSPS) is 18.3. The molecule has 2 heterocycles. The van der Waals surface area contributed by atoms with Gasteiger partial charge in [0.05, 0.1) is 18.4 Å². The molecule has 0 radical (unpaired) electrons. The molecule has 2 atom stereocenters. The molecular formula is C19H24N2O3S. The molecule has 3 rings (SSSR count). The van der Waals surface area contributed by atoms with Crippen molar-refractivity contribution in [3.8, 4) is 11.3 Å². The molecule has 1 N–H and O–H groups in total. The van der Waals surface area contributed by atoms with E-state index >= 15 is 0 Å². The Morgan fingerprint density at radius 1 is 1.48 bits per heavy atom. The van der Waals surface area contributed by atoms with Crippen LogP contribution in [-0.2, 0) is 14.3 Å². The highest BCUT2D eigenvalue weighted by Crippen LogP contribution is 2.28. The molecule has 1 aromatic heterocycles. The first-order chi connectivity index (χ1) is 12.0. The van der Waals surface area contributed by atoms with E-state index < -0.39 is 6.10 Å². The van der Waals surface area contributed by atoms with E-state index in [1.807, 2.05) is 5.38 Å². The van der Waals surface area contributed by atoms with Gasteiger partial charge < -0.3 is 9.47 Å². The van der Waals surface area contributed by atoms with Crippen molar-refractivity contribution in [2.45, 2.75) is 45.8 Å². The summed E-state index contributed by atoms with van der Waals surface area (Å²) in [5, 5.41) is 5.39. The van der Waals surface area contributed by atoms with Gasteiger partial charge in [0.2, 0.25) is 0 Å². The fourth-order valence-electron chi connectivity index (χ4n) is 2.87. The zero-order valence-corrected chi connectivity index (χ0v) is 15.7. The van der Waals surface area contributed by atoms with Crippen LogP contribution in [0, 0.1) is 13.8 Å². The number of benzene rings is 1. The van der Waals surface area contributed by atoms with Crippen molar-refractivity contribution in [2.24, 2.45) is 0 Å². The van der Waals surface area contributed by atoms with Crippen LogP contribution in [0.5, 0.6) is 0 Å². The number of hydrogen-bond acceptors (Lipinski definition) is 5. The number of nitrogens with zero attached hydrogens (tertiary/aromatic N) is 1. The molecule has 1 aliphatic heterocycles. The van der Waals surface area contributed by atoms with Gasteiger partial charge in [0.1, 0.15) is 6.10 Å². The Hall–Kier alpha value is -1.76. The number of amides is 1. The number of ether oxygens (including phenoxy) is 2. The van der Waals surface area contributed by atoms with Crippen molar-refractivity contribution < 1.29 is 14.3 Å². The number of carbonyl (C=O) groups is 1. The van der Waals surface area contributed by atoms with E-state index in [1.54, 1.807) is 6.92 Å². The fourth-order valence-corrected chi connectivity index (χ4v) is 3.58. The Bertz CT molecular complexity index is 738. The summed E-state index contributed by atoms with van der Waals surface area (Å²) in [5.41, 5.74) is 4.37.